The van der Waals surface area contributed by atoms with Gasteiger partial charge in [0.1, 0.15) is 5.67 Å². The fourth-order valence-corrected chi connectivity index (χ4v) is 1.37. The average Bonchev–Trinajstić information content (AvgIpc) is 2.05. The lowest BCUT2D eigenvalue weighted by atomic mass is 9.99. The summed E-state index contributed by atoms with van der Waals surface area (Å²) in [6.45, 7) is 3.55. The van der Waals surface area contributed by atoms with Crippen LogP contribution in [-0.4, -0.2) is 5.33 Å². The van der Waals surface area contributed by atoms with Crippen LogP contribution in [-0.2, 0) is 5.67 Å². The molecule has 0 saturated heterocycles. The van der Waals surface area contributed by atoms with Crippen LogP contribution in [0.15, 0.2) is 24.3 Å². The molecule has 1 rings (SSSR count). The molecule has 2 heteroatoms. The van der Waals surface area contributed by atoms with E-state index in [0.29, 0.717) is 5.33 Å². The Morgan fingerprint density at radius 3 is 2.67 bits per heavy atom. The molecule has 0 nitrogen and oxygen atoms in total. The van der Waals surface area contributed by atoms with Crippen LogP contribution >= 0.6 is 15.9 Å². The second kappa shape index (κ2) is 3.56. The first kappa shape index (κ1) is 9.72. The summed E-state index contributed by atoms with van der Waals surface area (Å²) in [6.07, 6.45) is 0. The Morgan fingerprint density at radius 1 is 1.50 bits per heavy atom. The topological polar surface area (TPSA) is 0 Å². The molecule has 0 bridgehead atoms. The highest BCUT2D eigenvalue weighted by atomic mass is 79.9. The smallest absolute Gasteiger partial charge is 0.142 e. The van der Waals surface area contributed by atoms with Crippen molar-refractivity contribution >= 4 is 15.9 Å². The predicted octanol–water partition coefficient (Wildman–Crippen LogP) is 3.57. The van der Waals surface area contributed by atoms with E-state index >= 15 is 0 Å². The van der Waals surface area contributed by atoms with Crippen LogP contribution < -0.4 is 0 Å². The van der Waals surface area contributed by atoms with Gasteiger partial charge in [0.25, 0.3) is 0 Å². The number of alkyl halides is 2. The maximum atomic E-state index is 13.7. The average molecular weight is 231 g/mol. The van der Waals surface area contributed by atoms with Crippen LogP contribution in [0.4, 0.5) is 4.39 Å². The van der Waals surface area contributed by atoms with Gasteiger partial charge in [-0.15, -0.1) is 0 Å². The quantitative estimate of drug-likeness (QED) is 0.682. The highest BCUT2D eigenvalue weighted by molar-refractivity contribution is 9.09. The van der Waals surface area contributed by atoms with Gasteiger partial charge in [-0.3, -0.25) is 0 Å². The number of aryl methyl sites for hydroxylation is 1. The van der Waals surface area contributed by atoms with Crippen molar-refractivity contribution in [2.75, 3.05) is 5.33 Å². The van der Waals surface area contributed by atoms with Gasteiger partial charge in [0.15, 0.2) is 0 Å². The molecular weight excluding hydrogens is 219 g/mol. The lowest BCUT2D eigenvalue weighted by molar-refractivity contribution is 0.230. The zero-order chi connectivity index (χ0) is 9.19. The summed E-state index contributed by atoms with van der Waals surface area (Å²) >= 11 is 3.16. The van der Waals surface area contributed by atoms with E-state index in [9.17, 15) is 4.39 Å². The van der Waals surface area contributed by atoms with Crippen molar-refractivity contribution in [3.8, 4) is 0 Å². The van der Waals surface area contributed by atoms with E-state index in [1.165, 1.54) is 0 Å². The Bertz CT molecular complexity index is 268. The fourth-order valence-electron chi connectivity index (χ4n) is 1.05. The summed E-state index contributed by atoms with van der Waals surface area (Å²) in [5, 5.41) is 0.337. The molecule has 12 heavy (non-hydrogen) atoms. The summed E-state index contributed by atoms with van der Waals surface area (Å²) in [6, 6.07) is 7.54. The highest BCUT2D eigenvalue weighted by Crippen LogP contribution is 2.27. The molecule has 0 spiro atoms. The largest absolute Gasteiger partial charge is 0.238 e. The SMILES string of the molecule is Cc1cccc([C@](C)(F)CBr)c1. The third kappa shape index (κ3) is 2.07. The minimum absolute atomic E-state index is 0.337. The zero-order valence-electron chi connectivity index (χ0n) is 7.27. The molecule has 0 saturated carbocycles. The minimum Gasteiger partial charge on any atom is -0.238 e. The van der Waals surface area contributed by atoms with Crippen LogP contribution in [0.5, 0.6) is 0 Å². The third-order valence-electron chi connectivity index (χ3n) is 1.87. The molecule has 1 aromatic carbocycles. The maximum Gasteiger partial charge on any atom is 0.142 e. The van der Waals surface area contributed by atoms with Gasteiger partial charge in [0.05, 0.1) is 0 Å². The lowest BCUT2D eigenvalue weighted by Crippen LogP contribution is -2.16. The molecular formula is C10H12BrF. The summed E-state index contributed by atoms with van der Waals surface area (Å²) in [5.41, 5.74) is 0.572. The van der Waals surface area contributed by atoms with Crippen LogP contribution in [0, 0.1) is 6.92 Å². The Labute approximate surface area is 80.9 Å². The van der Waals surface area contributed by atoms with Gasteiger partial charge in [-0.05, 0) is 19.4 Å². The van der Waals surface area contributed by atoms with Crippen molar-refractivity contribution in [3.63, 3.8) is 0 Å². The molecule has 0 heterocycles. The second-order valence-electron chi connectivity index (χ2n) is 3.20. The van der Waals surface area contributed by atoms with Gasteiger partial charge in [-0.1, -0.05) is 45.8 Å². The first-order valence-corrected chi connectivity index (χ1v) is 5.00. The van der Waals surface area contributed by atoms with Gasteiger partial charge in [-0.25, -0.2) is 4.39 Å². The third-order valence-corrected chi connectivity index (χ3v) is 2.92. The first-order chi connectivity index (χ1) is 5.56. The molecule has 1 aromatic rings. The van der Waals surface area contributed by atoms with Crippen LogP contribution in [0.1, 0.15) is 18.1 Å². The summed E-state index contributed by atoms with van der Waals surface area (Å²) in [4.78, 5) is 0. The monoisotopic (exact) mass is 230 g/mol. The van der Waals surface area contributed by atoms with Crippen molar-refractivity contribution in [2.24, 2.45) is 0 Å². The number of hydrogen-bond donors (Lipinski definition) is 0. The summed E-state index contributed by atoms with van der Waals surface area (Å²) in [5.74, 6) is 0. The molecule has 0 fully saturated rings. The second-order valence-corrected chi connectivity index (χ2v) is 3.76. The Hall–Kier alpha value is -0.370. The summed E-state index contributed by atoms with van der Waals surface area (Å²) in [7, 11) is 0. The summed E-state index contributed by atoms with van der Waals surface area (Å²) < 4.78 is 13.7. The van der Waals surface area contributed by atoms with Crippen LogP contribution in [0.25, 0.3) is 0 Å². The van der Waals surface area contributed by atoms with E-state index < -0.39 is 5.67 Å². The molecule has 0 amide bonds. The Kier molecular flexibility index (Phi) is 2.89. The van der Waals surface area contributed by atoms with Crippen molar-refractivity contribution in [3.05, 3.63) is 35.4 Å². The number of rotatable bonds is 2. The Morgan fingerprint density at radius 2 is 2.17 bits per heavy atom. The van der Waals surface area contributed by atoms with E-state index in [1.807, 2.05) is 31.2 Å². The maximum absolute atomic E-state index is 13.7. The molecule has 0 aromatic heterocycles. The van der Waals surface area contributed by atoms with Gasteiger partial charge in [0, 0.05) is 5.33 Å². The standard InChI is InChI=1S/C10H12BrF/c1-8-4-3-5-9(6-8)10(2,12)7-11/h3-6H,7H2,1-2H3/t10-/m1/s1. The van der Waals surface area contributed by atoms with E-state index in [-0.39, 0.29) is 0 Å². The fraction of sp³-hybridized carbons (Fsp3) is 0.400. The van der Waals surface area contributed by atoms with E-state index in [1.54, 1.807) is 6.92 Å². The molecule has 66 valence electrons. The molecule has 0 N–H and O–H groups in total. The van der Waals surface area contributed by atoms with Crippen LogP contribution in [0.3, 0.4) is 0 Å². The number of hydrogen-bond acceptors (Lipinski definition) is 0. The van der Waals surface area contributed by atoms with E-state index in [0.717, 1.165) is 11.1 Å². The van der Waals surface area contributed by atoms with E-state index in [4.69, 9.17) is 0 Å². The van der Waals surface area contributed by atoms with Crippen molar-refractivity contribution < 1.29 is 4.39 Å². The molecule has 0 aliphatic rings. The molecule has 0 unspecified atom stereocenters. The molecule has 0 aliphatic heterocycles. The van der Waals surface area contributed by atoms with Crippen molar-refractivity contribution in [1.82, 2.24) is 0 Å². The Balaban J connectivity index is 3.03. The number of benzene rings is 1. The van der Waals surface area contributed by atoms with Gasteiger partial charge >= 0.3 is 0 Å². The van der Waals surface area contributed by atoms with E-state index in [2.05, 4.69) is 15.9 Å². The van der Waals surface area contributed by atoms with Crippen LogP contribution in [0.2, 0.25) is 0 Å². The highest BCUT2D eigenvalue weighted by Gasteiger charge is 2.23. The van der Waals surface area contributed by atoms with Gasteiger partial charge in [-0.2, -0.15) is 0 Å². The molecule has 0 radical (unpaired) electrons. The van der Waals surface area contributed by atoms with Gasteiger partial charge in [0.2, 0.25) is 0 Å². The molecule has 0 aliphatic carbocycles. The first-order valence-electron chi connectivity index (χ1n) is 3.88. The normalized spacial score (nSPS) is 15.7. The predicted molar refractivity (Wildman–Crippen MR) is 53.4 cm³/mol. The lowest BCUT2D eigenvalue weighted by Gasteiger charge is -2.17. The molecule has 1 atom stereocenters. The van der Waals surface area contributed by atoms with Crippen molar-refractivity contribution in [2.45, 2.75) is 19.5 Å². The van der Waals surface area contributed by atoms with Crippen molar-refractivity contribution in [1.29, 1.82) is 0 Å². The zero-order valence-corrected chi connectivity index (χ0v) is 8.86. The number of halogens is 2. The van der Waals surface area contributed by atoms with Gasteiger partial charge < -0.3 is 0 Å². The minimum atomic E-state index is -1.26.